The predicted molar refractivity (Wildman–Crippen MR) is 230 cm³/mol. The summed E-state index contributed by atoms with van der Waals surface area (Å²) in [5.41, 5.74) is 9.10. The number of benzene rings is 4. The standard InChI is InChI=1S/C47H45N5O6.ClH/c1-2-49-18-16-32-24-35(12-15-41(32)49)52(34-10-13-37(53)14-11-34)47(55)40-25-43(50-17-6-5-9-42(40)50)38-26-44-45(58-30-57-44)27-39(38)46(54)51-28-33-8-4-3-7-31(33)23-36(51)29-48-19-21-56-22-20-48;/h3-15,17,24-27,36,53H,2,16,18-23,28-30H2,1H3;1H/t36-;/m0./s1. The molecule has 59 heavy (non-hydrogen) atoms. The molecule has 0 aliphatic carbocycles. The number of ether oxygens (including phenoxy) is 3. The van der Waals surface area contributed by atoms with Gasteiger partial charge in [0.15, 0.2) is 11.5 Å². The monoisotopic (exact) mass is 811 g/mol. The Morgan fingerprint density at radius 1 is 0.797 bits per heavy atom. The van der Waals surface area contributed by atoms with Crippen molar-refractivity contribution < 1.29 is 28.9 Å². The van der Waals surface area contributed by atoms with Crippen molar-refractivity contribution in [3.05, 3.63) is 137 Å². The van der Waals surface area contributed by atoms with E-state index in [-0.39, 0.29) is 42.8 Å². The molecule has 0 radical (unpaired) electrons. The Morgan fingerprint density at radius 3 is 2.34 bits per heavy atom. The molecule has 0 saturated carbocycles. The lowest BCUT2D eigenvalue weighted by atomic mass is 9.92. The highest BCUT2D eigenvalue weighted by Gasteiger charge is 2.35. The molecular formula is C47H46ClN5O6. The van der Waals surface area contributed by atoms with Crippen LogP contribution < -0.4 is 19.3 Å². The van der Waals surface area contributed by atoms with E-state index in [1.165, 1.54) is 16.8 Å². The summed E-state index contributed by atoms with van der Waals surface area (Å²) in [7, 11) is 0. The summed E-state index contributed by atoms with van der Waals surface area (Å²) < 4.78 is 19.4. The molecule has 302 valence electrons. The molecule has 6 aromatic rings. The molecule has 1 N–H and O–H groups in total. The number of hydrogen-bond donors (Lipinski definition) is 1. The number of nitrogens with zero attached hydrogens (tertiary/aromatic N) is 5. The molecule has 2 aromatic heterocycles. The zero-order valence-corrected chi connectivity index (χ0v) is 33.7. The van der Waals surface area contributed by atoms with Gasteiger partial charge in [-0.15, -0.1) is 12.4 Å². The highest BCUT2D eigenvalue weighted by atomic mass is 35.5. The second-order valence-electron chi connectivity index (χ2n) is 15.4. The maximum Gasteiger partial charge on any atom is 0.265 e. The SMILES string of the molecule is CCN1CCc2cc(N(C(=O)c3cc(-c4cc5c(cc4C(=O)N4Cc6ccccc6C[C@H]4CN4CCOCC4)OCO5)n4ccccc34)c3ccc(O)cc3)ccc21.Cl. The Balaban J connectivity index is 0.00000449. The zero-order chi connectivity index (χ0) is 39.3. The average molecular weight is 812 g/mol. The van der Waals surface area contributed by atoms with Gasteiger partial charge in [-0.3, -0.25) is 19.4 Å². The molecular weight excluding hydrogens is 766 g/mol. The molecule has 1 saturated heterocycles. The smallest absolute Gasteiger partial charge is 0.265 e. The van der Waals surface area contributed by atoms with Crippen molar-refractivity contribution in [1.29, 1.82) is 0 Å². The molecule has 1 atom stereocenters. The maximum atomic E-state index is 15.3. The van der Waals surface area contributed by atoms with E-state index in [2.05, 4.69) is 47.1 Å². The van der Waals surface area contributed by atoms with Gasteiger partial charge in [0.2, 0.25) is 6.79 Å². The van der Waals surface area contributed by atoms with Gasteiger partial charge in [-0.2, -0.15) is 0 Å². The van der Waals surface area contributed by atoms with Crippen LogP contribution in [0.1, 0.15) is 44.3 Å². The molecule has 1 fully saturated rings. The molecule has 12 heteroatoms. The minimum absolute atomic E-state index is 0. The van der Waals surface area contributed by atoms with Crippen molar-refractivity contribution >= 4 is 46.8 Å². The third kappa shape index (κ3) is 7.03. The first kappa shape index (κ1) is 38.5. The zero-order valence-electron chi connectivity index (χ0n) is 32.9. The number of aromatic hydroxyl groups is 1. The first-order valence-corrected chi connectivity index (χ1v) is 20.2. The quantitative estimate of drug-likeness (QED) is 0.167. The highest BCUT2D eigenvalue weighted by Crippen LogP contribution is 2.42. The van der Waals surface area contributed by atoms with E-state index in [9.17, 15) is 5.11 Å². The summed E-state index contributed by atoms with van der Waals surface area (Å²) in [5.74, 6) is 0.833. The number of halogens is 1. The molecule has 0 unspecified atom stereocenters. The number of likely N-dealkylation sites (N-methyl/N-ethyl adjacent to an activating group) is 1. The summed E-state index contributed by atoms with van der Waals surface area (Å²) in [6, 6.07) is 32.6. The maximum absolute atomic E-state index is 15.3. The summed E-state index contributed by atoms with van der Waals surface area (Å²) in [6.45, 7) is 8.29. The topological polar surface area (TPSA) is 99.4 Å². The van der Waals surface area contributed by atoms with Gasteiger partial charge in [0.25, 0.3) is 11.8 Å². The molecule has 6 heterocycles. The van der Waals surface area contributed by atoms with E-state index in [1.54, 1.807) is 29.2 Å². The third-order valence-electron chi connectivity index (χ3n) is 12.1. The lowest BCUT2D eigenvalue weighted by Gasteiger charge is -2.40. The fourth-order valence-electron chi connectivity index (χ4n) is 9.12. The van der Waals surface area contributed by atoms with E-state index in [0.717, 1.165) is 56.8 Å². The second kappa shape index (κ2) is 16.0. The van der Waals surface area contributed by atoms with Crippen molar-refractivity contribution in [2.24, 2.45) is 0 Å². The van der Waals surface area contributed by atoms with Crippen LogP contribution in [0.2, 0.25) is 0 Å². The number of amides is 2. The minimum atomic E-state index is -0.238. The Kier molecular flexibility index (Phi) is 10.4. The van der Waals surface area contributed by atoms with Gasteiger partial charge in [-0.05, 0) is 109 Å². The number of fused-ring (bicyclic) bond motifs is 4. The Labute approximate surface area is 349 Å². The van der Waals surface area contributed by atoms with Crippen LogP contribution >= 0.6 is 12.4 Å². The molecule has 4 aliphatic rings. The van der Waals surface area contributed by atoms with Crippen molar-refractivity contribution in [2.45, 2.75) is 32.4 Å². The number of phenols is 1. The van der Waals surface area contributed by atoms with Gasteiger partial charge in [0, 0.05) is 74.1 Å². The Morgan fingerprint density at radius 2 is 1.54 bits per heavy atom. The van der Waals surface area contributed by atoms with Gasteiger partial charge in [-0.1, -0.05) is 30.3 Å². The van der Waals surface area contributed by atoms with E-state index in [0.29, 0.717) is 64.8 Å². The van der Waals surface area contributed by atoms with Crippen LogP contribution in [0.3, 0.4) is 0 Å². The van der Waals surface area contributed by atoms with Gasteiger partial charge in [0.05, 0.1) is 35.6 Å². The molecule has 0 spiro atoms. The van der Waals surface area contributed by atoms with Gasteiger partial charge in [0.1, 0.15) is 5.75 Å². The van der Waals surface area contributed by atoms with Crippen molar-refractivity contribution in [3.8, 4) is 28.5 Å². The van der Waals surface area contributed by atoms with Gasteiger partial charge in [-0.25, -0.2) is 0 Å². The first-order chi connectivity index (χ1) is 28.4. The Hall–Kier alpha value is -6.01. The molecule has 0 bridgehead atoms. The van der Waals surface area contributed by atoms with Crippen molar-refractivity contribution in [1.82, 2.24) is 14.2 Å². The van der Waals surface area contributed by atoms with E-state index >= 15 is 9.59 Å². The lowest BCUT2D eigenvalue weighted by Crippen LogP contribution is -2.52. The number of anilines is 3. The number of carbonyl (C=O) groups is 2. The van der Waals surface area contributed by atoms with Crippen molar-refractivity contribution in [3.63, 3.8) is 0 Å². The lowest BCUT2D eigenvalue weighted by molar-refractivity contribution is 0.0193. The van der Waals surface area contributed by atoms with Crippen LogP contribution in [-0.4, -0.2) is 89.9 Å². The Bertz CT molecular complexity index is 2550. The number of aromatic nitrogens is 1. The molecule has 11 nitrogen and oxygen atoms in total. The number of rotatable bonds is 8. The van der Waals surface area contributed by atoms with Crippen LogP contribution in [-0.2, 0) is 24.1 Å². The van der Waals surface area contributed by atoms with Crippen LogP contribution in [0, 0.1) is 0 Å². The summed E-state index contributed by atoms with van der Waals surface area (Å²) in [6.07, 6.45) is 3.57. The van der Waals surface area contributed by atoms with Gasteiger partial charge >= 0.3 is 0 Å². The molecule has 10 rings (SSSR count). The molecule has 2 amide bonds. The molecule has 4 aromatic carbocycles. The average Bonchev–Trinajstić information content (AvgIpc) is 4.00. The summed E-state index contributed by atoms with van der Waals surface area (Å²) in [4.78, 5) is 38.9. The summed E-state index contributed by atoms with van der Waals surface area (Å²) in [5, 5.41) is 10.2. The summed E-state index contributed by atoms with van der Waals surface area (Å²) >= 11 is 0. The third-order valence-corrected chi connectivity index (χ3v) is 12.1. The highest BCUT2D eigenvalue weighted by molar-refractivity contribution is 6.16. The fourth-order valence-corrected chi connectivity index (χ4v) is 9.12. The van der Waals surface area contributed by atoms with Crippen molar-refractivity contribution in [2.75, 3.05) is 62.5 Å². The number of morpholine rings is 1. The molecule has 4 aliphatic heterocycles. The normalized spacial score (nSPS) is 17.1. The van der Waals surface area contributed by atoms with Crippen LogP contribution in [0.5, 0.6) is 17.2 Å². The number of phenolic OH excluding ortho intramolecular Hbond substituents is 1. The minimum Gasteiger partial charge on any atom is -0.508 e. The van der Waals surface area contributed by atoms with E-state index in [4.69, 9.17) is 14.2 Å². The number of hydrogen-bond acceptors (Lipinski definition) is 8. The number of pyridine rings is 1. The van der Waals surface area contributed by atoms with E-state index in [1.807, 2.05) is 64.0 Å². The van der Waals surface area contributed by atoms with Gasteiger partial charge < -0.3 is 33.5 Å². The van der Waals surface area contributed by atoms with Crippen LogP contribution in [0.15, 0.2) is 109 Å². The first-order valence-electron chi connectivity index (χ1n) is 20.2. The van der Waals surface area contributed by atoms with Crippen LogP contribution in [0.25, 0.3) is 16.8 Å². The predicted octanol–water partition coefficient (Wildman–Crippen LogP) is 7.72. The fraction of sp³-hybridized carbons (Fsp3) is 0.277. The largest absolute Gasteiger partial charge is 0.508 e. The van der Waals surface area contributed by atoms with E-state index < -0.39 is 0 Å². The number of carbonyl (C=O) groups excluding carboxylic acids is 2. The van der Waals surface area contributed by atoms with Crippen LogP contribution in [0.4, 0.5) is 17.1 Å². The second-order valence-corrected chi connectivity index (χ2v) is 15.4.